The molecule has 0 N–H and O–H groups in total. The second-order valence-electron chi connectivity index (χ2n) is 4.09. The van der Waals surface area contributed by atoms with Crippen LogP contribution in [0.25, 0.3) is 22.1 Å². The topological polar surface area (TPSA) is 39.4 Å². The Morgan fingerprint density at radius 3 is 2.68 bits per heavy atom. The van der Waals surface area contributed by atoms with Crippen LogP contribution in [0, 0.1) is 6.07 Å². The van der Waals surface area contributed by atoms with Crippen molar-refractivity contribution in [3.8, 4) is 16.9 Å². The second kappa shape index (κ2) is 4.61. The van der Waals surface area contributed by atoms with E-state index < -0.39 is 5.63 Å². The monoisotopic (exact) mass is 251 g/mol. The predicted octanol–water partition coefficient (Wildman–Crippen LogP) is 3.27. The van der Waals surface area contributed by atoms with Crippen LogP contribution >= 0.6 is 0 Å². The Morgan fingerprint density at radius 2 is 1.95 bits per heavy atom. The minimum atomic E-state index is -0.407. The predicted molar refractivity (Wildman–Crippen MR) is 73.3 cm³/mol. The summed E-state index contributed by atoms with van der Waals surface area (Å²) in [4.78, 5) is 12.2. The fourth-order valence-corrected chi connectivity index (χ4v) is 2.13. The standard InChI is InChI=1S/C16H11O3/c1-18-15-12-9-5-6-10-13(12)19-16(17)14(15)11-7-3-2-4-8-11/h2-5,7-10H,1H3. The van der Waals surface area contributed by atoms with Crippen LogP contribution in [0.1, 0.15) is 0 Å². The molecule has 3 nitrogen and oxygen atoms in total. The van der Waals surface area contributed by atoms with Gasteiger partial charge in [-0.25, -0.2) is 4.79 Å². The van der Waals surface area contributed by atoms with E-state index in [1.807, 2.05) is 36.4 Å². The Bertz CT molecular complexity index is 773. The van der Waals surface area contributed by atoms with E-state index in [-0.39, 0.29) is 0 Å². The van der Waals surface area contributed by atoms with Gasteiger partial charge in [-0.05, 0) is 23.8 Å². The van der Waals surface area contributed by atoms with Gasteiger partial charge in [-0.3, -0.25) is 0 Å². The lowest BCUT2D eigenvalue weighted by Gasteiger charge is -2.09. The molecule has 0 saturated carbocycles. The third-order valence-corrected chi connectivity index (χ3v) is 2.97. The van der Waals surface area contributed by atoms with Gasteiger partial charge in [0.1, 0.15) is 16.9 Å². The lowest BCUT2D eigenvalue weighted by molar-refractivity contribution is 0.415. The van der Waals surface area contributed by atoms with E-state index in [0.29, 0.717) is 16.9 Å². The normalized spacial score (nSPS) is 10.6. The number of benzene rings is 2. The molecule has 3 heteroatoms. The van der Waals surface area contributed by atoms with Gasteiger partial charge in [-0.15, -0.1) is 0 Å². The van der Waals surface area contributed by atoms with Crippen LogP contribution in [-0.2, 0) is 0 Å². The first kappa shape index (κ1) is 11.5. The van der Waals surface area contributed by atoms with Crippen LogP contribution in [-0.4, -0.2) is 7.11 Å². The highest BCUT2D eigenvalue weighted by atomic mass is 16.5. The van der Waals surface area contributed by atoms with Gasteiger partial charge in [-0.2, -0.15) is 0 Å². The van der Waals surface area contributed by atoms with E-state index in [9.17, 15) is 4.79 Å². The molecule has 2 aromatic carbocycles. The van der Waals surface area contributed by atoms with E-state index in [4.69, 9.17) is 9.15 Å². The molecule has 1 aromatic heterocycles. The molecule has 19 heavy (non-hydrogen) atoms. The van der Waals surface area contributed by atoms with Crippen LogP contribution in [0.15, 0.2) is 57.7 Å². The minimum Gasteiger partial charge on any atom is -0.495 e. The zero-order valence-electron chi connectivity index (χ0n) is 10.3. The van der Waals surface area contributed by atoms with Crippen molar-refractivity contribution in [2.45, 2.75) is 0 Å². The van der Waals surface area contributed by atoms with Crippen molar-refractivity contribution in [2.24, 2.45) is 0 Å². The number of hydrogen-bond donors (Lipinski definition) is 0. The summed E-state index contributed by atoms with van der Waals surface area (Å²) in [6.45, 7) is 0. The second-order valence-corrected chi connectivity index (χ2v) is 4.09. The molecule has 1 heterocycles. The molecule has 0 aliphatic rings. The molecule has 0 spiro atoms. The molecule has 1 radical (unpaired) electrons. The van der Waals surface area contributed by atoms with Crippen molar-refractivity contribution in [1.29, 1.82) is 0 Å². The quantitative estimate of drug-likeness (QED) is 0.656. The maximum Gasteiger partial charge on any atom is 0.347 e. The first-order valence-electron chi connectivity index (χ1n) is 5.87. The van der Waals surface area contributed by atoms with Crippen molar-refractivity contribution in [2.75, 3.05) is 7.11 Å². The van der Waals surface area contributed by atoms with Gasteiger partial charge in [0.15, 0.2) is 0 Å². The lowest BCUT2D eigenvalue weighted by Crippen LogP contribution is -2.06. The van der Waals surface area contributed by atoms with Gasteiger partial charge < -0.3 is 9.15 Å². The van der Waals surface area contributed by atoms with E-state index in [0.717, 1.165) is 10.9 Å². The van der Waals surface area contributed by atoms with Crippen LogP contribution < -0.4 is 10.4 Å². The summed E-state index contributed by atoms with van der Waals surface area (Å²) in [6.07, 6.45) is 0. The zero-order valence-corrected chi connectivity index (χ0v) is 10.3. The Kier molecular flexibility index (Phi) is 2.80. The molecule has 0 saturated heterocycles. The molecule has 0 atom stereocenters. The highest BCUT2D eigenvalue weighted by Gasteiger charge is 2.16. The fourth-order valence-electron chi connectivity index (χ4n) is 2.13. The number of hydrogen-bond acceptors (Lipinski definition) is 3. The molecule has 3 aromatic rings. The van der Waals surface area contributed by atoms with Gasteiger partial charge in [-0.1, -0.05) is 36.4 Å². The molecule has 0 aliphatic heterocycles. The lowest BCUT2D eigenvalue weighted by atomic mass is 10.0. The molecular formula is C16H11O3. The van der Waals surface area contributed by atoms with E-state index >= 15 is 0 Å². The summed E-state index contributed by atoms with van der Waals surface area (Å²) in [7, 11) is 1.55. The molecular weight excluding hydrogens is 240 g/mol. The van der Waals surface area contributed by atoms with Gasteiger partial charge in [0.25, 0.3) is 0 Å². The van der Waals surface area contributed by atoms with Crippen LogP contribution in [0.2, 0.25) is 0 Å². The highest BCUT2D eigenvalue weighted by Crippen LogP contribution is 2.33. The first-order valence-corrected chi connectivity index (χ1v) is 5.87. The SMILES string of the molecule is COc1c(-c2ccccc2)c(=O)oc2c[c]ccc12. The summed E-state index contributed by atoms with van der Waals surface area (Å²) < 4.78 is 10.7. The van der Waals surface area contributed by atoms with Crippen molar-refractivity contribution < 1.29 is 9.15 Å². The van der Waals surface area contributed by atoms with Crippen molar-refractivity contribution in [3.63, 3.8) is 0 Å². The van der Waals surface area contributed by atoms with E-state index in [1.54, 1.807) is 19.2 Å². The molecule has 93 valence electrons. The Balaban J connectivity index is 2.42. The highest BCUT2D eigenvalue weighted by molar-refractivity contribution is 5.90. The summed E-state index contributed by atoms with van der Waals surface area (Å²) >= 11 is 0. The van der Waals surface area contributed by atoms with Crippen LogP contribution in [0.4, 0.5) is 0 Å². The third-order valence-electron chi connectivity index (χ3n) is 2.97. The number of ether oxygens (including phenoxy) is 1. The van der Waals surface area contributed by atoms with Gasteiger partial charge in [0.2, 0.25) is 0 Å². The largest absolute Gasteiger partial charge is 0.495 e. The maximum atomic E-state index is 12.2. The average Bonchev–Trinajstić information content (AvgIpc) is 2.46. The molecule has 0 amide bonds. The fraction of sp³-hybridized carbons (Fsp3) is 0.0625. The Labute approximate surface area is 110 Å². The first-order chi connectivity index (χ1) is 9.31. The number of rotatable bonds is 2. The average molecular weight is 251 g/mol. The van der Waals surface area contributed by atoms with Gasteiger partial charge >= 0.3 is 5.63 Å². The van der Waals surface area contributed by atoms with Crippen molar-refractivity contribution in [1.82, 2.24) is 0 Å². The Morgan fingerprint density at radius 1 is 1.16 bits per heavy atom. The number of fused-ring (bicyclic) bond motifs is 1. The molecule has 0 aliphatic carbocycles. The Hall–Kier alpha value is -2.55. The summed E-state index contributed by atoms with van der Waals surface area (Å²) in [5.74, 6) is 0.534. The van der Waals surface area contributed by atoms with Gasteiger partial charge in [0, 0.05) is 0 Å². The van der Waals surface area contributed by atoms with Crippen LogP contribution in [0.5, 0.6) is 5.75 Å². The van der Waals surface area contributed by atoms with E-state index in [1.165, 1.54) is 0 Å². The van der Waals surface area contributed by atoms with E-state index in [2.05, 4.69) is 6.07 Å². The third kappa shape index (κ3) is 1.89. The smallest absolute Gasteiger partial charge is 0.347 e. The summed E-state index contributed by atoms with van der Waals surface area (Å²) in [6, 6.07) is 17.5. The molecule has 0 unspecified atom stereocenters. The number of methoxy groups -OCH3 is 1. The zero-order chi connectivity index (χ0) is 13.2. The molecule has 3 rings (SSSR count). The molecule has 0 fully saturated rings. The minimum absolute atomic E-state index is 0.407. The maximum absolute atomic E-state index is 12.2. The van der Waals surface area contributed by atoms with Crippen molar-refractivity contribution in [3.05, 3.63) is 65.0 Å². The summed E-state index contributed by atoms with van der Waals surface area (Å²) in [5, 5.41) is 0.764. The van der Waals surface area contributed by atoms with Gasteiger partial charge in [0.05, 0.1) is 12.5 Å². The van der Waals surface area contributed by atoms with Crippen LogP contribution in [0.3, 0.4) is 0 Å². The summed E-state index contributed by atoms with van der Waals surface area (Å²) in [5.41, 5.74) is 1.30. The molecule has 0 bridgehead atoms. The van der Waals surface area contributed by atoms with Crippen molar-refractivity contribution >= 4 is 11.0 Å².